The molecule has 1 heterocycles. The predicted octanol–water partition coefficient (Wildman–Crippen LogP) is 3.51. The van der Waals surface area contributed by atoms with E-state index in [0.29, 0.717) is 6.07 Å². The summed E-state index contributed by atoms with van der Waals surface area (Å²) < 4.78 is 63.3. The Bertz CT molecular complexity index is 1090. The number of sulfone groups is 1. The van der Waals surface area contributed by atoms with Crippen molar-refractivity contribution in [3.05, 3.63) is 53.1 Å². The van der Waals surface area contributed by atoms with Crippen LogP contribution in [-0.4, -0.2) is 32.5 Å². The van der Waals surface area contributed by atoms with Gasteiger partial charge in [0, 0.05) is 6.42 Å². The highest BCUT2D eigenvalue weighted by molar-refractivity contribution is 7.91. The molecule has 0 aromatic heterocycles. The molecule has 0 fully saturated rings. The average molecular weight is 447 g/mol. The number of nitrogens with one attached hydrogen (secondary N) is 1. The first kappa shape index (κ1) is 21.1. The molecule has 1 N–H and O–H groups in total. The summed E-state index contributed by atoms with van der Waals surface area (Å²) in [5, 5.41) is 2.13. The Morgan fingerprint density at radius 3 is 2.55 bits per heavy atom. The fourth-order valence-electron chi connectivity index (χ4n) is 2.85. The van der Waals surface area contributed by atoms with Crippen LogP contribution in [0.2, 0.25) is 5.02 Å². The highest BCUT2D eigenvalue weighted by atomic mass is 35.5. The minimum absolute atomic E-state index is 0.0419. The van der Waals surface area contributed by atoms with Gasteiger partial charge in [0.2, 0.25) is 11.8 Å². The number of carbonyl (C=O) groups excluding carboxylic acids is 2. The summed E-state index contributed by atoms with van der Waals surface area (Å²) in [4.78, 5) is 25.7. The van der Waals surface area contributed by atoms with Crippen molar-refractivity contribution in [2.45, 2.75) is 17.5 Å². The van der Waals surface area contributed by atoms with E-state index in [0.717, 1.165) is 17.0 Å². The molecule has 0 atom stereocenters. The third kappa shape index (κ3) is 4.54. The lowest BCUT2D eigenvalue weighted by atomic mass is 10.2. The SMILES string of the molecule is O=C(CN1C(=O)CCS(=O)(=O)c2ccccc21)Nc1cc(C(F)(F)F)ccc1Cl. The summed E-state index contributed by atoms with van der Waals surface area (Å²) in [5.74, 6) is -1.82. The van der Waals surface area contributed by atoms with Crippen LogP contribution in [0.5, 0.6) is 0 Å². The molecule has 0 saturated carbocycles. The first-order valence-electron chi connectivity index (χ1n) is 8.28. The minimum Gasteiger partial charge on any atom is -0.323 e. The predicted molar refractivity (Wildman–Crippen MR) is 101 cm³/mol. The zero-order valence-corrected chi connectivity index (χ0v) is 16.2. The molecule has 154 valence electrons. The van der Waals surface area contributed by atoms with Gasteiger partial charge in [-0.25, -0.2) is 8.42 Å². The van der Waals surface area contributed by atoms with Crippen LogP contribution >= 0.6 is 11.6 Å². The molecule has 1 aliphatic heterocycles. The van der Waals surface area contributed by atoms with E-state index in [1.165, 1.54) is 24.3 Å². The number of alkyl halides is 3. The third-order valence-electron chi connectivity index (χ3n) is 4.25. The van der Waals surface area contributed by atoms with Crippen LogP contribution in [0.3, 0.4) is 0 Å². The van der Waals surface area contributed by atoms with Gasteiger partial charge in [0.1, 0.15) is 6.54 Å². The van der Waals surface area contributed by atoms with Crippen LogP contribution in [0.4, 0.5) is 24.5 Å². The largest absolute Gasteiger partial charge is 0.416 e. The molecule has 0 bridgehead atoms. The Morgan fingerprint density at radius 2 is 1.86 bits per heavy atom. The van der Waals surface area contributed by atoms with Crippen molar-refractivity contribution >= 4 is 44.6 Å². The van der Waals surface area contributed by atoms with Crippen molar-refractivity contribution in [2.75, 3.05) is 22.5 Å². The fourth-order valence-corrected chi connectivity index (χ4v) is 4.46. The topological polar surface area (TPSA) is 83.6 Å². The van der Waals surface area contributed by atoms with Gasteiger partial charge < -0.3 is 10.2 Å². The number of rotatable bonds is 3. The number of hydrogen-bond donors (Lipinski definition) is 1. The van der Waals surface area contributed by atoms with Gasteiger partial charge in [-0.2, -0.15) is 13.2 Å². The van der Waals surface area contributed by atoms with Crippen LogP contribution in [0.25, 0.3) is 0 Å². The number of amides is 2. The Labute approximate surface area is 169 Å². The summed E-state index contributed by atoms with van der Waals surface area (Å²) in [7, 11) is -3.71. The van der Waals surface area contributed by atoms with E-state index in [9.17, 15) is 31.2 Å². The summed E-state index contributed by atoms with van der Waals surface area (Å²) in [6.07, 6.45) is -4.95. The number of benzene rings is 2. The zero-order valence-electron chi connectivity index (χ0n) is 14.7. The van der Waals surface area contributed by atoms with Crippen molar-refractivity contribution in [1.82, 2.24) is 0 Å². The van der Waals surface area contributed by atoms with E-state index in [1.807, 2.05) is 0 Å². The van der Waals surface area contributed by atoms with Gasteiger partial charge in [0.15, 0.2) is 9.84 Å². The molecule has 0 unspecified atom stereocenters. The molecule has 3 rings (SSSR count). The molecular weight excluding hydrogens is 433 g/mol. The molecule has 0 spiro atoms. The molecule has 6 nitrogen and oxygen atoms in total. The Hall–Kier alpha value is -2.59. The molecule has 2 aromatic rings. The smallest absolute Gasteiger partial charge is 0.323 e. The molecule has 2 aromatic carbocycles. The summed E-state index contributed by atoms with van der Waals surface area (Å²) in [6, 6.07) is 8.19. The normalized spacial score (nSPS) is 16.1. The molecule has 11 heteroatoms. The number of nitrogens with zero attached hydrogens (tertiary/aromatic N) is 1. The number of carbonyl (C=O) groups is 2. The fraction of sp³-hybridized carbons (Fsp3) is 0.222. The van der Waals surface area contributed by atoms with Crippen LogP contribution in [0.1, 0.15) is 12.0 Å². The first-order chi connectivity index (χ1) is 13.5. The van der Waals surface area contributed by atoms with Gasteiger partial charge in [-0.1, -0.05) is 23.7 Å². The number of anilines is 2. The summed E-state index contributed by atoms with van der Waals surface area (Å²) in [6.45, 7) is -0.585. The highest BCUT2D eigenvalue weighted by Crippen LogP contribution is 2.34. The second-order valence-corrected chi connectivity index (χ2v) is 8.74. The van der Waals surface area contributed by atoms with Crippen molar-refractivity contribution in [3.63, 3.8) is 0 Å². The van der Waals surface area contributed by atoms with Crippen molar-refractivity contribution in [2.24, 2.45) is 0 Å². The van der Waals surface area contributed by atoms with Gasteiger partial charge in [-0.05, 0) is 30.3 Å². The second-order valence-electron chi connectivity index (χ2n) is 6.26. The van der Waals surface area contributed by atoms with Crippen LogP contribution in [-0.2, 0) is 25.6 Å². The second kappa shape index (κ2) is 7.68. The van der Waals surface area contributed by atoms with Gasteiger partial charge in [0.25, 0.3) is 0 Å². The number of para-hydroxylation sites is 1. The van der Waals surface area contributed by atoms with E-state index in [-0.39, 0.29) is 27.7 Å². The molecule has 0 saturated heterocycles. The molecule has 2 amide bonds. The van der Waals surface area contributed by atoms with E-state index in [2.05, 4.69) is 5.32 Å². The van der Waals surface area contributed by atoms with Crippen LogP contribution < -0.4 is 10.2 Å². The lowest BCUT2D eigenvalue weighted by molar-refractivity contribution is -0.137. The number of halogens is 4. The quantitative estimate of drug-likeness (QED) is 0.782. The maximum absolute atomic E-state index is 12.9. The van der Waals surface area contributed by atoms with Crippen LogP contribution in [0, 0.1) is 0 Å². The lowest BCUT2D eigenvalue weighted by Gasteiger charge is -2.22. The number of hydrogen-bond acceptors (Lipinski definition) is 4. The number of fused-ring (bicyclic) bond motifs is 1. The monoisotopic (exact) mass is 446 g/mol. The van der Waals surface area contributed by atoms with Crippen molar-refractivity contribution in [1.29, 1.82) is 0 Å². The van der Waals surface area contributed by atoms with Gasteiger partial charge >= 0.3 is 6.18 Å². The summed E-state index contributed by atoms with van der Waals surface area (Å²) >= 11 is 5.86. The van der Waals surface area contributed by atoms with E-state index in [1.54, 1.807) is 0 Å². The minimum atomic E-state index is -4.63. The maximum Gasteiger partial charge on any atom is 0.416 e. The molecule has 0 aliphatic carbocycles. The maximum atomic E-state index is 12.9. The van der Waals surface area contributed by atoms with E-state index >= 15 is 0 Å². The Balaban J connectivity index is 1.88. The molecule has 29 heavy (non-hydrogen) atoms. The van der Waals surface area contributed by atoms with Crippen LogP contribution in [0.15, 0.2) is 47.4 Å². The first-order valence-corrected chi connectivity index (χ1v) is 10.3. The third-order valence-corrected chi connectivity index (χ3v) is 6.33. The van der Waals surface area contributed by atoms with Crippen molar-refractivity contribution in [3.8, 4) is 0 Å². The summed E-state index contributed by atoms with van der Waals surface area (Å²) in [5.41, 5.74) is -1.23. The zero-order chi connectivity index (χ0) is 21.4. The Kier molecular flexibility index (Phi) is 5.59. The van der Waals surface area contributed by atoms with Gasteiger partial charge in [0.05, 0.1) is 32.6 Å². The molecular formula is C18H14ClF3N2O4S. The average Bonchev–Trinajstić information content (AvgIpc) is 2.73. The van der Waals surface area contributed by atoms with E-state index < -0.39 is 45.7 Å². The lowest BCUT2D eigenvalue weighted by Crippen LogP contribution is -2.38. The van der Waals surface area contributed by atoms with Gasteiger partial charge in [-0.3, -0.25) is 9.59 Å². The molecule has 1 aliphatic rings. The highest BCUT2D eigenvalue weighted by Gasteiger charge is 2.33. The van der Waals surface area contributed by atoms with Gasteiger partial charge in [-0.15, -0.1) is 0 Å². The van der Waals surface area contributed by atoms with E-state index in [4.69, 9.17) is 11.6 Å². The Morgan fingerprint density at radius 1 is 1.17 bits per heavy atom. The van der Waals surface area contributed by atoms with Crippen molar-refractivity contribution < 1.29 is 31.2 Å². The molecule has 0 radical (unpaired) electrons. The standard InChI is InChI=1S/C18H14ClF3N2O4S/c19-12-6-5-11(18(20,21)22)9-13(12)23-16(25)10-24-14-3-1-2-4-15(14)29(27,28)8-7-17(24)26/h1-6,9H,7-8,10H2,(H,23,25).